The first kappa shape index (κ1) is 21.4. The molecule has 30 heavy (non-hydrogen) atoms. The number of fused-ring (bicyclic) bond motifs is 1. The summed E-state index contributed by atoms with van der Waals surface area (Å²) in [6, 6.07) is 12.2. The Hall–Kier alpha value is -3.27. The maximum atomic E-state index is 13.8. The van der Waals surface area contributed by atoms with E-state index in [9.17, 15) is 9.18 Å². The van der Waals surface area contributed by atoms with Crippen LogP contribution < -0.4 is 5.73 Å². The summed E-state index contributed by atoms with van der Waals surface area (Å²) < 4.78 is 13.8. The number of hydrogen-bond donors (Lipinski definition) is 1. The van der Waals surface area contributed by atoms with E-state index in [2.05, 4.69) is 31.5 Å². The van der Waals surface area contributed by atoms with Crippen molar-refractivity contribution in [3.63, 3.8) is 0 Å². The molecule has 0 bridgehead atoms. The molecule has 1 aromatic heterocycles. The highest BCUT2D eigenvalue weighted by molar-refractivity contribution is 5.92. The summed E-state index contributed by atoms with van der Waals surface area (Å²) >= 11 is 0. The fraction of sp³-hybridized carbons (Fsp3) is 0.231. The molecule has 0 radical (unpaired) electrons. The number of carbonyl (C=O) groups is 1. The Balaban J connectivity index is 2.03. The molecule has 0 saturated carbocycles. The third kappa shape index (κ3) is 4.65. The minimum Gasteiger partial charge on any atom is -0.383 e. The number of allylic oxidation sites excluding steroid dienone is 2. The second-order valence-electron chi connectivity index (χ2n) is 7.58. The Morgan fingerprint density at radius 2 is 1.97 bits per heavy atom. The zero-order valence-electron chi connectivity index (χ0n) is 17.5. The largest absolute Gasteiger partial charge is 0.383 e. The smallest absolute Gasteiger partial charge is 0.150 e. The van der Waals surface area contributed by atoms with Gasteiger partial charge in [-0.05, 0) is 54.0 Å². The molecule has 0 saturated heterocycles. The lowest BCUT2D eigenvalue weighted by atomic mass is 9.89. The Bertz CT molecular complexity index is 1100. The van der Waals surface area contributed by atoms with Gasteiger partial charge in [-0.2, -0.15) is 0 Å². The molecular weight excluding hydrogens is 375 g/mol. The molecule has 154 valence electrons. The van der Waals surface area contributed by atoms with E-state index in [1.54, 1.807) is 6.07 Å². The second-order valence-corrected chi connectivity index (χ2v) is 7.58. The fourth-order valence-corrected chi connectivity index (χ4v) is 3.65. The number of aromatic nitrogens is 1. The average molecular weight is 403 g/mol. The van der Waals surface area contributed by atoms with Gasteiger partial charge in [0.1, 0.15) is 17.9 Å². The number of hydrogen-bond acceptors (Lipinski definition) is 3. The summed E-state index contributed by atoms with van der Waals surface area (Å²) in [6.07, 6.45) is 7.33. The average Bonchev–Trinajstić information content (AvgIpc) is 2.75. The highest BCUT2D eigenvalue weighted by atomic mass is 19.1. The van der Waals surface area contributed by atoms with Crippen molar-refractivity contribution in [3.8, 4) is 0 Å². The number of carbonyl (C=O) groups excluding carboxylic acids is 1. The van der Waals surface area contributed by atoms with Crippen LogP contribution in [-0.4, -0.2) is 11.3 Å². The molecular formula is C26H27FN2O. The molecule has 0 amide bonds. The molecule has 2 aromatic carbocycles. The molecule has 4 heteroatoms. The number of aryl methyl sites for hydroxylation is 1. The van der Waals surface area contributed by atoms with Crippen molar-refractivity contribution in [2.45, 2.75) is 39.0 Å². The number of aldehydes is 1. The summed E-state index contributed by atoms with van der Waals surface area (Å²) in [5.41, 5.74) is 11.7. The predicted octanol–water partition coefficient (Wildman–Crippen LogP) is 6.48. The third-order valence-corrected chi connectivity index (χ3v) is 5.57. The maximum Gasteiger partial charge on any atom is 0.150 e. The fourth-order valence-electron chi connectivity index (χ4n) is 3.65. The van der Waals surface area contributed by atoms with Crippen molar-refractivity contribution in [2.24, 2.45) is 0 Å². The molecule has 0 aliphatic heterocycles. The van der Waals surface area contributed by atoms with Crippen molar-refractivity contribution < 1.29 is 9.18 Å². The summed E-state index contributed by atoms with van der Waals surface area (Å²) in [6.45, 7) is 8.23. The van der Waals surface area contributed by atoms with E-state index >= 15 is 0 Å². The second kappa shape index (κ2) is 9.49. The Labute approximate surface area is 177 Å². The summed E-state index contributed by atoms with van der Waals surface area (Å²) in [4.78, 5) is 15.3. The van der Waals surface area contributed by atoms with Crippen LogP contribution in [0.4, 0.5) is 10.2 Å². The number of nitrogens with zero attached hydrogens (tertiary/aromatic N) is 1. The van der Waals surface area contributed by atoms with Gasteiger partial charge in [0.05, 0.1) is 5.52 Å². The molecule has 2 N–H and O–H groups in total. The monoisotopic (exact) mass is 402 g/mol. The molecule has 1 heterocycles. The molecule has 1 unspecified atom stereocenters. The van der Waals surface area contributed by atoms with Crippen LogP contribution in [0.2, 0.25) is 0 Å². The van der Waals surface area contributed by atoms with Crippen LogP contribution >= 0.6 is 0 Å². The Morgan fingerprint density at radius 3 is 2.60 bits per heavy atom. The standard InChI is InChI=1S/C26H27FN2O/c1-4-17(3)25-23(22-13-12-21(27)15-24(22)29-26(25)28)14-18(5-2)6-7-19-8-10-20(16-30)11-9-19/h5,8-17H,2,4,6-7H2,1,3H3,(H2,28,29)/b18-14+. The van der Waals surface area contributed by atoms with Gasteiger partial charge in [-0.1, -0.05) is 56.8 Å². The minimum atomic E-state index is -0.330. The normalized spacial score (nSPS) is 12.7. The predicted molar refractivity (Wildman–Crippen MR) is 123 cm³/mol. The topological polar surface area (TPSA) is 56.0 Å². The Morgan fingerprint density at radius 1 is 1.23 bits per heavy atom. The van der Waals surface area contributed by atoms with Gasteiger partial charge in [0.2, 0.25) is 0 Å². The number of nitrogen functional groups attached to an aromatic ring is 1. The van der Waals surface area contributed by atoms with E-state index in [0.29, 0.717) is 16.9 Å². The van der Waals surface area contributed by atoms with Crippen LogP contribution in [-0.2, 0) is 6.42 Å². The minimum absolute atomic E-state index is 0.222. The first-order chi connectivity index (χ1) is 14.5. The molecule has 3 rings (SSSR count). The van der Waals surface area contributed by atoms with Gasteiger partial charge < -0.3 is 5.73 Å². The Kier molecular flexibility index (Phi) is 6.78. The van der Waals surface area contributed by atoms with E-state index in [1.165, 1.54) is 12.1 Å². The number of rotatable bonds is 8. The summed E-state index contributed by atoms with van der Waals surface area (Å²) in [7, 11) is 0. The van der Waals surface area contributed by atoms with Gasteiger partial charge in [-0.25, -0.2) is 9.37 Å². The lowest BCUT2D eigenvalue weighted by Gasteiger charge is -2.18. The lowest BCUT2D eigenvalue weighted by Crippen LogP contribution is -2.06. The summed E-state index contributed by atoms with van der Waals surface area (Å²) in [5, 5.41) is 0.885. The van der Waals surface area contributed by atoms with Gasteiger partial charge in [0.15, 0.2) is 0 Å². The zero-order chi connectivity index (χ0) is 21.7. The third-order valence-electron chi connectivity index (χ3n) is 5.57. The number of pyridine rings is 1. The first-order valence-corrected chi connectivity index (χ1v) is 10.2. The van der Waals surface area contributed by atoms with Gasteiger partial charge in [0.25, 0.3) is 0 Å². The number of benzene rings is 2. The van der Waals surface area contributed by atoms with Crippen molar-refractivity contribution in [1.29, 1.82) is 0 Å². The molecule has 3 nitrogen and oxygen atoms in total. The number of anilines is 1. The van der Waals surface area contributed by atoms with Crippen LogP contribution in [0.5, 0.6) is 0 Å². The quantitative estimate of drug-likeness (QED) is 0.346. The van der Waals surface area contributed by atoms with E-state index in [4.69, 9.17) is 5.73 Å². The van der Waals surface area contributed by atoms with Crippen molar-refractivity contribution >= 4 is 29.1 Å². The first-order valence-electron chi connectivity index (χ1n) is 10.2. The van der Waals surface area contributed by atoms with E-state index in [1.807, 2.05) is 30.3 Å². The van der Waals surface area contributed by atoms with Crippen LogP contribution in [0.15, 0.2) is 60.7 Å². The van der Waals surface area contributed by atoms with Gasteiger partial charge in [-0.15, -0.1) is 0 Å². The molecule has 0 fully saturated rings. The summed E-state index contributed by atoms with van der Waals surface area (Å²) in [5.74, 6) is 0.338. The van der Waals surface area contributed by atoms with Crippen molar-refractivity contribution in [3.05, 3.63) is 88.8 Å². The number of halogens is 1. The molecule has 0 aliphatic rings. The van der Waals surface area contributed by atoms with Crippen LogP contribution in [0.1, 0.15) is 59.7 Å². The zero-order valence-corrected chi connectivity index (χ0v) is 17.5. The molecule has 0 spiro atoms. The molecule has 0 aliphatic carbocycles. The maximum absolute atomic E-state index is 13.8. The SMILES string of the molecule is C=C/C(=C\c1c(C(C)CC)c(N)nc2cc(F)ccc12)CCc1ccc(C=O)cc1. The van der Waals surface area contributed by atoms with E-state index < -0.39 is 0 Å². The van der Waals surface area contributed by atoms with Crippen LogP contribution in [0.3, 0.4) is 0 Å². The van der Waals surface area contributed by atoms with Crippen LogP contribution in [0, 0.1) is 5.82 Å². The number of nitrogens with two attached hydrogens (primary N) is 1. The lowest BCUT2D eigenvalue weighted by molar-refractivity contribution is 0.112. The van der Waals surface area contributed by atoms with Gasteiger partial charge >= 0.3 is 0 Å². The highest BCUT2D eigenvalue weighted by Gasteiger charge is 2.17. The van der Waals surface area contributed by atoms with Crippen LogP contribution in [0.25, 0.3) is 17.0 Å². The van der Waals surface area contributed by atoms with E-state index in [0.717, 1.165) is 53.2 Å². The van der Waals surface area contributed by atoms with Gasteiger partial charge in [0, 0.05) is 22.6 Å². The molecule has 3 aromatic rings. The molecule has 1 atom stereocenters. The highest BCUT2D eigenvalue weighted by Crippen LogP contribution is 2.34. The van der Waals surface area contributed by atoms with Crippen molar-refractivity contribution in [2.75, 3.05) is 5.73 Å². The van der Waals surface area contributed by atoms with Gasteiger partial charge in [-0.3, -0.25) is 4.79 Å². The van der Waals surface area contributed by atoms with E-state index in [-0.39, 0.29) is 11.7 Å². The van der Waals surface area contributed by atoms with Crippen molar-refractivity contribution in [1.82, 2.24) is 4.98 Å².